The molecule has 0 saturated carbocycles. The topological polar surface area (TPSA) is 43.6 Å². The Morgan fingerprint density at radius 1 is 1.07 bits per heavy atom. The molecule has 0 aliphatic rings. The van der Waals surface area contributed by atoms with Gasteiger partial charge in [0.05, 0.1) is 24.9 Å². The molecule has 4 nitrogen and oxygen atoms in total. The van der Waals surface area contributed by atoms with E-state index in [4.69, 9.17) is 25.5 Å². The summed E-state index contributed by atoms with van der Waals surface area (Å²) in [5.41, 5.74) is 1.35. The Bertz CT molecular complexity index is 836. The molecule has 0 aliphatic carbocycles. The van der Waals surface area contributed by atoms with E-state index >= 15 is 0 Å². The molecule has 3 rings (SSSR count). The van der Waals surface area contributed by atoms with Gasteiger partial charge in [-0.3, -0.25) is 0 Å². The second-order valence-corrected chi connectivity index (χ2v) is 6.06. The Hall–Kier alpha value is -2.21. The van der Waals surface area contributed by atoms with Crippen molar-refractivity contribution in [3.05, 3.63) is 82.5 Å². The number of ether oxygens (including phenoxy) is 2. The lowest BCUT2D eigenvalue weighted by Gasteiger charge is -2.13. The number of hydrogen-bond donors (Lipinski definition) is 1. The van der Waals surface area contributed by atoms with Crippen molar-refractivity contribution in [2.45, 2.75) is 19.7 Å². The van der Waals surface area contributed by atoms with Gasteiger partial charge in [0.1, 0.15) is 18.2 Å². The molecule has 0 amide bonds. The Labute approximate surface area is 168 Å². The first-order valence-electron chi connectivity index (χ1n) is 8.13. The summed E-state index contributed by atoms with van der Waals surface area (Å²) in [5, 5.41) is 3.63. The average molecular weight is 412 g/mol. The van der Waals surface area contributed by atoms with E-state index in [0.29, 0.717) is 35.2 Å². The van der Waals surface area contributed by atoms with Crippen LogP contribution in [0.4, 0.5) is 4.39 Å². The molecule has 1 aromatic heterocycles. The quantitative estimate of drug-likeness (QED) is 0.540. The van der Waals surface area contributed by atoms with Crippen molar-refractivity contribution in [2.24, 2.45) is 0 Å². The van der Waals surface area contributed by atoms with Gasteiger partial charge in [0, 0.05) is 12.1 Å². The molecule has 0 fully saturated rings. The maximum Gasteiger partial charge on any atom is 0.161 e. The number of rotatable bonds is 8. The van der Waals surface area contributed by atoms with Crippen LogP contribution in [-0.2, 0) is 19.7 Å². The zero-order chi connectivity index (χ0) is 18.4. The third-order valence-electron chi connectivity index (χ3n) is 3.87. The normalized spacial score (nSPS) is 10.3. The van der Waals surface area contributed by atoms with Gasteiger partial charge in [-0.1, -0.05) is 23.7 Å². The average Bonchev–Trinajstić information content (AvgIpc) is 3.15. The summed E-state index contributed by atoms with van der Waals surface area (Å²) in [6.07, 6.45) is 1.65. The van der Waals surface area contributed by atoms with Crippen LogP contribution in [-0.4, -0.2) is 7.11 Å². The molecule has 0 bridgehead atoms. The molecule has 0 radical (unpaired) electrons. The van der Waals surface area contributed by atoms with Crippen molar-refractivity contribution in [3.8, 4) is 11.5 Å². The molecule has 0 spiro atoms. The maximum atomic E-state index is 13.8. The van der Waals surface area contributed by atoms with Crippen LogP contribution in [0, 0.1) is 5.82 Å². The van der Waals surface area contributed by atoms with Crippen LogP contribution in [0.25, 0.3) is 0 Å². The van der Waals surface area contributed by atoms with Gasteiger partial charge < -0.3 is 19.2 Å². The Morgan fingerprint density at radius 2 is 1.93 bits per heavy atom. The summed E-state index contributed by atoms with van der Waals surface area (Å²) in [6.45, 7) is 1.31. The fourth-order valence-corrected chi connectivity index (χ4v) is 2.72. The molecule has 0 atom stereocenters. The van der Waals surface area contributed by atoms with Crippen molar-refractivity contribution in [2.75, 3.05) is 7.11 Å². The monoisotopic (exact) mass is 411 g/mol. The second kappa shape index (κ2) is 10.2. The van der Waals surface area contributed by atoms with Gasteiger partial charge in [0.15, 0.2) is 11.5 Å². The zero-order valence-electron chi connectivity index (χ0n) is 14.7. The number of hydrogen-bond acceptors (Lipinski definition) is 4. The van der Waals surface area contributed by atoms with E-state index in [2.05, 4.69) is 5.32 Å². The largest absolute Gasteiger partial charge is 0.493 e. The molecule has 1 heterocycles. The lowest BCUT2D eigenvalue weighted by molar-refractivity contribution is 0.279. The number of nitrogens with one attached hydrogen (secondary N) is 1. The summed E-state index contributed by atoms with van der Waals surface area (Å²) >= 11 is 6.03. The van der Waals surface area contributed by atoms with Crippen LogP contribution < -0.4 is 14.8 Å². The van der Waals surface area contributed by atoms with E-state index in [0.717, 1.165) is 11.3 Å². The molecule has 0 aliphatic heterocycles. The van der Waals surface area contributed by atoms with Gasteiger partial charge in [0.2, 0.25) is 0 Å². The number of benzene rings is 2. The van der Waals surface area contributed by atoms with Crippen molar-refractivity contribution in [3.63, 3.8) is 0 Å². The van der Waals surface area contributed by atoms with Crippen LogP contribution in [0.2, 0.25) is 5.02 Å². The van der Waals surface area contributed by atoms with Gasteiger partial charge in [-0.15, -0.1) is 12.4 Å². The smallest absolute Gasteiger partial charge is 0.161 e. The van der Waals surface area contributed by atoms with E-state index in [1.807, 2.05) is 24.3 Å². The summed E-state index contributed by atoms with van der Waals surface area (Å²) in [7, 11) is 1.57. The fraction of sp³-hybridized carbons (Fsp3) is 0.200. The molecule has 0 unspecified atom stereocenters. The Balaban J connectivity index is 0.00000261. The van der Waals surface area contributed by atoms with Gasteiger partial charge >= 0.3 is 0 Å². The number of halogens is 3. The molecule has 3 aromatic rings. The highest BCUT2D eigenvalue weighted by molar-refractivity contribution is 6.31. The predicted molar refractivity (Wildman–Crippen MR) is 105 cm³/mol. The van der Waals surface area contributed by atoms with Crippen LogP contribution >= 0.6 is 24.0 Å². The molecular weight excluding hydrogens is 392 g/mol. The van der Waals surface area contributed by atoms with Crippen LogP contribution in [0.5, 0.6) is 11.5 Å². The molecular formula is C20H20Cl2FNO3. The van der Waals surface area contributed by atoms with E-state index in [1.54, 1.807) is 31.6 Å². The number of methoxy groups -OCH3 is 1. The van der Waals surface area contributed by atoms with Crippen LogP contribution in [0.15, 0.2) is 59.2 Å². The lowest BCUT2D eigenvalue weighted by Crippen LogP contribution is -2.12. The number of furan rings is 1. The van der Waals surface area contributed by atoms with Gasteiger partial charge in [-0.25, -0.2) is 4.39 Å². The van der Waals surface area contributed by atoms with E-state index in [-0.39, 0.29) is 19.0 Å². The van der Waals surface area contributed by atoms with Gasteiger partial charge in [-0.05, 0) is 42.0 Å². The molecule has 7 heteroatoms. The van der Waals surface area contributed by atoms with Crippen LogP contribution in [0.3, 0.4) is 0 Å². The maximum absolute atomic E-state index is 13.8. The van der Waals surface area contributed by atoms with Crippen LogP contribution in [0.1, 0.15) is 16.9 Å². The van der Waals surface area contributed by atoms with Crippen molar-refractivity contribution in [1.29, 1.82) is 0 Å². The minimum absolute atomic E-state index is 0. The first kappa shape index (κ1) is 21.1. The predicted octanol–water partition coefficient (Wildman–Crippen LogP) is 5.37. The highest BCUT2D eigenvalue weighted by Crippen LogP contribution is 2.30. The molecule has 144 valence electrons. The fourth-order valence-electron chi connectivity index (χ4n) is 2.50. The third kappa shape index (κ3) is 5.63. The van der Waals surface area contributed by atoms with Gasteiger partial charge in [-0.2, -0.15) is 0 Å². The summed E-state index contributed by atoms with van der Waals surface area (Å²) in [5.74, 6) is 1.59. The Morgan fingerprint density at radius 3 is 2.63 bits per heavy atom. The van der Waals surface area contributed by atoms with E-state index < -0.39 is 5.82 Å². The van der Waals surface area contributed by atoms with E-state index in [9.17, 15) is 4.39 Å². The minimum Gasteiger partial charge on any atom is -0.493 e. The molecule has 2 aromatic carbocycles. The SMILES string of the molecule is COc1cc(CNCc2ccco2)ccc1OCc1c(F)cccc1Cl.Cl. The summed E-state index contributed by atoms with van der Waals surface area (Å²) in [6, 6.07) is 13.9. The van der Waals surface area contributed by atoms with Crippen molar-refractivity contribution >= 4 is 24.0 Å². The standard InChI is InChI=1S/C20H19ClFNO3.ClH/c1-24-20-10-14(11-23-12-15-4-3-9-25-15)7-8-19(20)26-13-16-17(21)5-2-6-18(16)22;/h2-10,23H,11-13H2,1H3;1H. The van der Waals surface area contributed by atoms with Gasteiger partial charge in [0.25, 0.3) is 0 Å². The Kier molecular flexibility index (Phi) is 7.98. The lowest BCUT2D eigenvalue weighted by atomic mass is 10.2. The first-order valence-corrected chi connectivity index (χ1v) is 8.51. The van der Waals surface area contributed by atoms with Crippen molar-refractivity contribution in [1.82, 2.24) is 5.32 Å². The minimum atomic E-state index is -0.393. The highest BCUT2D eigenvalue weighted by Gasteiger charge is 2.11. The first-order chi connectivity index (χ1) is 12.7. The summed E-state index contributed by atoms with van der Waals surface area (Å²) < 4.78 is 30.2. The van der Waals surface area contributed by atoms with E-state index in [1.165, 1.54) is 6.07 Å². The van der Waals surface area contributed by atoms with Crippen molar-refractivity contribution < 1.29 is 18.3 Å². The third-order valence-corrected chi connectivity index (χ3v) is 4.22. The molecule has 1 N–H and O–H groups in total. The molecule has 0 saturated heterocycles. The second-order valence-electron chi connectivity index (χ2n) is 5.66. The zero-order valence-corrected chi connectivity index (χ0v) is 16.3. The highest BCUT2D eigenvalue weighted by atomic mass is 35.5. The molecule has 27 heavy (non-hydrogen) atoms. The summed E-state index contributed by atoms with van der Waals surface area (Å²) in [4.78, 5) is 0.